The molecule has 0 fully saturated rings. The van der Waals surface area contributed by atoms with Gasteiger partial charge < -0.3 is 4.90 Å². The summed E-state index contributed by atoms with van der Waals surface area (Å²) in [5, 5.41) is 0. The number of rotatable bonds is 6. The molecule has 1 aliphatic heterocycles. The molecule has 0 saturated heterocycles. The van der Waals surface area contributed by atoms with E-state index in [4.69, 9.17) is 0 Å². The van der Waals surface area contributed by atoms with Crippen molar-refractivity contribution >= 4 is 9.84 Å². The van der Waals surface area contributed by atoms with E-state index in [1.807, 2.05) is 37.3 Å². The van der Waals surface area contributed by atoms with Crippen LogP contribution in [0.1, 0.15) is 50.7 Å². The molecule has 0 spiro atoms. The fourth-order valence-electron chi connectivity index (χ4n) is 3.77. The van der Waals surface area contributed by atoms with Gasteiger partial charge in [-0.1, -0.05) is 61.4 Å². The quantitative estimate of drug-likeness (QED) is 0.664. The fraction of sp³-hybridized carbons (Fsp3) is 0.391. The molecule has 0 aromatic heterocycles. The van der Waals surface area contributed by atoms with Gasteiger partial charge in [-0.3, -0.25) is 0 Å². The molecule has 2 aromatic rings. The zero-order chi connectivity index (χ0) is 19.4. The lowest BCUT2D eigenvalue weighted by Crippen LogP contribution is -2.37. The van der Waals surface area contributed by atoms with Gasteiger partial charge in [0.1, 0.15) is 0 Å². The van der Waals surface area contributed by atoms with E-state index in [9.17, 15) is 8.42 Å². The van der Waals surface area contributed by atoms with Crippen molar-refractivity contribution < 1.29 is 8.42 Å². The molecule has 3 rings (SSSR count). The molecule has 0 radical (unpaired) electrons. The molecule has 27 heavy (non-hydrogen) atoms. The highest BCUT2D eigenvalue weighted by molar-refractivity contribution is 7.95. The van der Waals surface area contributed by atoms with Crippen LogP contribution in [0.4, 0.5) is 0 Å². The molecular formula is C23H29NO2S. The van der Waals surface area contributed by atoms with Crippen molar-refractivity contribution in [2.24, 2.45) is 0 Å². The molecule has 1 heterocycles. The first kappa shape index (κ1) is 19.7. The summed E-state index contributed by atoms with van der Waals surface area (Å²) in [6.07, 6.45) is 3.20. The zero-order valence-electron chi connectivity index (χ0n) is 16.5. The third kappa shape index (κ3) is 4.27. The smallest absolute Gasteiger partial charge is 0.204 e. The minimum Gasteiger partial charge on any atom is -0.367 e. The number of sulfone groups is 1. The molecule has 0 unspecified atom stereocenters. The van der Waals surface area contributed by atoms with Crippen molar-refractivity contribution in [1.82, 2.24) is 4.90 Å². The van der Waals surface area contributed by atoms with Gasteiger partial charge in [0.15, 0.2) is 0 Å². The van der Waals surface area contributed by atoms with Crippen molar-refractivity contribution in [3.8, 4) is 0 Å². The van der Waals surface area contributed by atoms with Gasteiger partial charge in [0, 0.05) is 18.3 Å². The van der Waals surface area contributed by atoms with Crippen molar-refractivity contribution in [3.05, 3.63) is 76.3 Å². The van der Waals surface area contributed by atoms with E-state index >= 15 is 0 Å². The van der Waals surface area contributed by atoms with Gasteiger partial charge in [0.2, 0.25) is 9.84 Å². The van der Waals surface area contributed by atoms with E-state index in [2.05, 4.69) is 30.9 Å². The Balaban J connectivity index is 2.05. The monoisotopic (exact) mass is 383 g/mol. The summed E-state index contributed by atoms with van der Waals surface area (Å²) in [6, 6.07) is 17.9. The first-order chi connectivity index (χ1) is 12.9. The Bertz CT molecular complexity index is 899. The summed E-state index contributed by atoms with van der Waals surface area (Å²) in [7, 11) is -3.46. The van der Waals surface area contributed by atoms with E-state index < -0.39 is 9.84 Å². The molecule has 0 aliphatic carbocycles. The van der Waals surface area contributed by atoms with Crippen LogP contribution in [-0.2, 0) is 16.4 Å². The Morgan fingerprint density at radius 1 is 1.04 bits per heavy atom. The number of allylic oxidation sites excluding steroid dienone is 2. The Kier molecular flexibility index (Phi) is 6.05. The minimum atomic E-state index is -3.46. The number of hydrogen-bond acceptors (Lipinski definition) is 3. The minimum absolute atomic E-state index is 0.337. The molecule has 4 heteroatoms. The van der Waals surface area contributed by atoms with Crippen LogP contribution in [0.5, 0.6) is 0 Å². The van der Waals surface area contributed by atoms with Crippen LogP contribution < -0.4 is 0 Å². The van der Waals surface area contributed by atoms with Crippen LogP contribution >= 0.6 is 0 Å². The van der Waals surface area contributed by atoms with Crippen molar-refractivity contribution in [2.75, 3.05) is 0 Å². The summed E-state index contributed by atoms with van der Waals surface area (Å²) < 4.78 is 26.8. The topological polar surface area (TPSA) is 37.4 Å². The summed E-state index contributed by atoms with van der Waals surface area (Å²) in [4.78, 5) is 3.33. The number of aryl methyl sites for hydroxylation is 1. The Labute approximate surface area is 163 Å². The Morgan fingerprint density at radius 3 is 2.33 bits per heavy atom. The standard InChI is InChI=1S/C23H29NO2S/c1-4-8-22-23(27(25,26)21-14-11-18(2)12-15-21)16-13-19(3)24(22)17-20-9-6-5-7-10-20/h5-7,9-12,14-15,19H,4,8,13,16-17H2,1-3H3/t19-/m0/s1. The van der Waals surface area contributed by atoms with Gasteiger partial charge in [0.05, 0.1) is 9.80 Å². The van der Waals surface area contributed by atoms with Gasteiger partial charge in [-0.05, 0) is 50.8 Å². The summed E-state index contributed by atoms with van der Waals surface area (Å²) in [5.41, 5.74) is 3.28. The van der Waals surface area contributed by atoms with Gasteiger partial charge in [0.25, 0.3) is 0 Å². The summed E-state index contributed by atoms with van der Waals surface area (Å²) >= 11 is 0. The van der Waals surface area contributed by atoms with Crippen molar-refractivity contribution in [1.29, 1.82) is 0 Å². The molecule has 0 bridgehead atoms. The second-order valence-corrected chi connectivity index (χ2v) is 9.41. The van der Waals surface area contributed by atoms with Crippen LogP contribution in [0, 0.1) is 6.92 Å². The average Bonchev–Trinajstić information content (AvgIpc) is 2.66. The molecule has 3 nitrogen and oxygen atoms in total. The maximum absolute atomic E-state index is 13.4. The first-order valence-electron chi connectivity index (χ1n) is 9.78. The van der Waals surface area contributed by atoms with Crippen LogP contribution in [0.3, 0.4) is 0 Å². The van der Waals surface area contributed by atoms with Crippen LogP contribution in [-0.4, -0.2) is 19.4 Å². The van der Waals surface area contributed by atoms with E-state index in [0.717, 1.165) is 37.1 Å². The number of benzene rings is 2. The van der Waals surface area contributed by atoms with Crippen LogP contribution in [0.25, 0.3) is 0 Å². The van der Waals surface area contributed by atoms with Crippen LogP contribution in [0.2, 0.25) is 0 Å². The van der Waals surface area contributed by atoms with E-state index in [1.165, 1.54) is 5.56 Å². The summed E-state index contributed by atoms with van der Waals surface area (Å²) in [6.45, 7) is 7.04. The Hall–Kier alpha value is -2.07. The highest BCUT2D eigenvalue weighted by atomic mass is 32.2. The maximum atomic E-state index is 13.4. The fourth-order valence-corrected chi connectivity index (χ4v) is 5.46. The highest BCUT2D eigenvalue weighted by Crippen LogP contribution is 2.36. The predicted molar refractivity (Wildman–Crippen MR) is 111 cm³/mol. The lowest BCUT2D eigenvalue weighted by atomic mass is 10.0. The maximum Gasteiger partial charge on any atom is 0.204 e. The highest BCUT2D eigenvalue weighted by Gasteiger charge is 2.32. The Morgan fingerprint density at radius 2 is 1.70 bits per heavy atom. The number of hydrogen-bond donors (Lipinski definition) is 0. The van der Waals surface area contributed by atoms with Gasteiger partial charge in [-0.2, -0.15) is 0 Å². The molecule has 0 amide bonds. The summed E-state index contributed by atoms with van der Waals surface area (Å²) in [5.74, 6) is 0. The second kappa shape index (κ2) is 8.30. The second-order valence-electron chi connectivity index (χ2n) is 7.44. The van der Waals surface area contributed by atoms with Crippen molar-refractivity contribution in [2.45, 2.75) is 63.9 Å². The molecule has 1 atom stereocenters. The molecular weight excluding hydrogens is 354 g/mol. The zero-order valence-corrected chi connectivity index (χ0v) is 17.3. The predicted octanol–water partition coefficient (Wildman–Crippen LogP) is 5.46. The van der Waals surface area contributed by atoms with Gasteiger partial charge in [-0.25, -0.2) is 8.42 Å². The SMILES string of the molecule is CCCC1=C(S(=O)(=O)c2ccc(C)cc2)CC[C@H](C)N1Cc1ccccc1. The van der Waals surface area contributed by atoms with Gasteiger partial charge >= 0.3 is 0 Å². The van der Waals surface area contributed by atoms with E-state index in [1.54, 1.807) is 12.1 Å². The molecule has 0 saturated carbocycles. The average molecular weight is 384 g/mol. The van der Waals surface area contributed by atoms with Crippen molar-refractivity contribution in [3.63, 3.8) is 0 Å². The van der Waals surface area contributed by atoms with Gasteiger partial charge in [-0.15, -0.1) is 0 Å². The normalized spacial score (nSPS) is 18.0. The van der Waals surface area contributed by atoms with E-state index in [0.29, 0.717) is 22.3 Å². The molecule has 1 aliphatic rings. The van der Waals surface area contributed by atoms with Crippen LogP contribution in [0.15, 0.2) is 70.1 Å². The molecule has 0 N–H and O–H groups in total. The lowest BCUT2D eigenvalue weighted by Gasteiger charge is -2.39. The molecule has 2 aromatic carbocycles. The first-order valence-corrected chi connectivity index (χ1v) is 11.3. The third-order valence-electron chi connectivity index (χ3n) is 5.33. The largest absolute Gasteiger partial charge is 0.367 e. The van der Waals surface area contributed by atoms with E-state index in [-0.39, 0.29) is 0 Å². The lowest BCUT2D eigenvalue weighted by molar-refractivity contribution is 0.222. The third-order valence-corrected chi connectivity index (χ3v) is 7.31. The molecule has 144 valence electrons. The number of nitrogens with zero attached hydrogens (tertiary/aromatic N) is 1.